The molecule has 1 aromatic heterocycles. The summed E-state index contributed by atoms with van der Waals surface area (Å²) in [6, 6.07) is 2.43. The third kappa shape index (κ3) is 3.49. The number of carbonyl (C=O) groups excluding carboxylic acids is 1. The first-order chi connectivity index (χ1) is 7.13. The van der Waals surface area contributed by atoms with Crippen LogP contribution in [0, 0.1) is 0 Å². The summed E-state index contributed by atoms with van der Waals surface area (Å²) in [7, 11) is 0. The molecule has 7 heteroatoms. The van der Waals surface area contributed by atoms with Gasteiger partial charge in [0, 0.05) is 12.6 Å². The van der Waals surface area contributed by atoms with Crippen LogP contribution < -0.4 is 10.9 Å². The predicted octanol–water partition coefficient (Wildman–Crippen LogP) is -2.15. The minimum Gasteiger partial charge on any atom is -0.394 e. The predicted molar refractivity (Wildman–Crippen MR) is 50.3 cm³/mol. The fraction of sp³-hybridized carbons (Fsp3) is 0.375. The molecule has 1 amide bonds. The van der Waals surface area contributed by atoms with Gasteiger partial charge in [-0.2, -0.15) is 5.10 Å². The van der Waals surface area contributed by atoms with Gasteiger partial charge >= 0.3 is 0 Å². The average molecular weight is 213 g/mol. The maximum absolute atomic E-state index is 11.3. The zero-order valence-electron chi connectivity index (χ0n) is 7.80. The van der Waals surface area contributed by atoms with Crippen molar-refractivity contribution in [3.63, 3.8) is 0 Å². The van der Waals surface area contributed by atoms with Crippen LogP contribution in [0.3, 0.4) is 0 Å². The Morgan fingerprint density at radius 1 is 1.60 bits per heavy atom. The van der Waals surface area contributed by atoms with Crippen LogP contribution in [0.2, 0.25) is 0 Å². The van der Waals surface area contributed by atoms with Crippen LogP contribution in [-0.2, 0) is 0 Å². The molecule has 1 rings (SSSR count). The Labute approximate surface area is 84.8 Å². The summed E-state index contributed by atoms with van der Waals surface area (Å²) < 4.78 is 0. The van der Waals surface area contributed by atoms with Crippen molar-refractivity contribution in [2.75, 3.05) is 13.2 Å². The molecule has 7 nitrogen and oxygen atoms in total. The Morgan fingerprint density at radius 2 is 2.33 bits per heavy atom. The number of carbonyl (C=O) groups is 1. The first kappa shape index (κ1) is 11.3. The van der Waals surface area contributed by atoms with Crippen LogP contribution >= 0.6 is 0 Å². The minimum absolute atomic E-state index is 0.0414. The molecule has 4 N–H and O–H groups in total. The first-order valence-electron chi connectivity index (χ1n) is 4.26. The lowest BCUT2D eigenvalue weighted by atomic mass is 10.3. The second-order valence-corrected chi connectivity index (χ2v) is 2.85. The Morgan fingerprint density at radius 3 is 2.87 bits per heavy atom. The molecule has 82 valence electrons. The molecule has 0 saturated carbocycles. The molecule has 0 radical (unpaired) electrons. The van der Waals surface area contributed by atoms with Crippen molar-refractivity contribution < 1.29 is 15.0 Å². The summed E-state index contributed by atoms with van der Waals surface area (Å²) in [5.74, 6) is -0.529. The van der Waals surface area contributed by atoms with Crippen molar-refractivity contribution >= 4 is 5.91 Å². The van der Waals surface area contributed by atoms with E-state index in [1.807, 2.05) is 0 Å². The normalized spacial score (nSPS) is 12.1. The second-order valence-electron chi connectivity index (χ2n) is 2.85. The molecule has 0 saturated heterocycles. The summed E-state index contributed by atoms with van der Waals surface area (Å²) in [4.78, 5) is 21.9. The van der Waals surface area contributed by atoms with Crippen LogP contribution in [-0.4, -0.2) is 45.6 Å². The molecular weight excluding hydrogens is 202 g/mol. The third-order valence-corrected chi connectivity index (χ3v) is 1.62. The van der Waals surface area contributed by atoms with E-state index < -0.39 is 24.2 Å². The molecule has 0 bridgehead atoms. The molecule has 1 heterocycles. The van der Waals surface area contributed by atoms with Gasteiger partial charge in [-0.25, -0.2) is 5.10 Å². The summed E-state index contributed by atoms with van der Waals surface area (Å²) >= 11 is 0. The van der Waals surface area contributed by atoms with Gasteiger partial charge in [0.2, 0.25) is 0 Å². The maximum atomic E-state index is 11.3. The highest BCUT2D eigenvalue weighted by atomic mass is 16.3. The van der Waals surface area contributed by atoms with Crippen molar-refractivity contribution in [2.45, 2.75) is 6.10 Å². The maximum Gasteiger partial charge on any atom is 0.271 e. The van der Waals surface area contributed by atoms with Gasteiger partial charge in [-0.05, 0) is 6.07 Å². The van der Waals surface area contributed by atoms with Gasteiger partial charge in [0.15, 0.2) is 0 Å². The average Bonchev–Trinajstić information content (AvgIpc) is 2.26. The monoisotopic (exact) mass is 213 g/mol. The molecule has 0 fully saturated rings. The van der Waals surface area contributed by atoms with Crippen molar-refractivity contribution in [1.29, 1.82) is 0 Å². The Kier molecular flexibility index (Phi) is 3.95. The Bertz CT molecular complexity index is 369. The van der Waals surface area contributed by atoms with Crippen LogP contribution in [0.1, 0.15) is 10.5 Å². The Hall–Kier alpha value is -1.73. The van der Waals surface area contributed by atoms with E-state index in [1.54, 1.807) is 0 Å². The minimum atomic E-state index is -1.00. The van der Waals surface area contributed by atoms with Gasteiger partial charge in [0.05, 0.1) is 12.7 Å². The van der Waals surface area contributed by atoms with Gasteiger partial charge in [-0.15, -0.1) is 0 Å². The van der Waals surface area contributed by atoms with Crippen LogP contribution in [0.25, 0.3) is 0 Å². The van der Waals surface area contributed by atoms with E-state index in [2.05, 4.69) is 15.5 Å². The molecule has 0 aliphatic rings. The lowest BCUT2D eigenvalue weighted by Gasteiger charge is -2.07. The van der Waals surface area contributed by atoms with Crippen molar-refractivity contribution in [3.8, 4) is 0 Å². The van der Waals surface area contributed by atoms with Crippen LogP contribution in [0.5, 0.6) is 0 Å². The summed E-state index contributed by atoms with van der Waals surface area (Å²) in [6.07, 6.45) is -1.00. The number of nitrogens with zero attached hydrogens (tertiary/aromatic N) is 1. The van der Waals surface area contributed by atoms with Gasteiger partial charge in [-0.1, -0.05) is 0 Å². The number of rotatable bonds is 4. The van der Waals surface area contributed by atoms with E-state index in [0.717, 1.165) is 0 Å². The van der Waals surface area contributed by atoms with Gasteiger partial charge in [0.1, 0.15) is 5.69 Å². The zero-order chi connectivity index (χ0) is 11.3. The number of H-pyrrole nitrogens is 1. The molecule has 0 aliphatic heterocycles. The van der Waals surface area contributed by atoms with E-state index in [0.29, 0.717) is 0 Å². The smallest absolute Gasteiger partial charge is 0.271 e. The first-order valence-corrected chi connectivity index (χ1v) is 4.26. The molecule has 15 heavy (non-hydrogen) atoms. The number of amides is 1. The number of hydrogen-bond donors (Lipinski definition) is 4. The number of aliphatic hydroxyl groups excluding tert-OH is 2. The van der Waals surface area contributed by atoms with Crippen LogP contribution in [0.15, 0.2) is 16.9 Å². The largest absolute Gasteiger partial charge is 0.394 e. The summed E-state index contributed by atoms with van der Waals surface area (Å²) in [5.41, 5.74) is -0.360. The molecule has 1 atom stereocenters. The quantitative estimate of drug-likeness (QED) is 0.455. The lowest BCUT2D eigenvalue weighted by molar-refractivity contribution is 0.0798. The highest BCUT2D eigenvalue weighted by molar-refractivity contribution is 5.91. The molecular formula is C8H11N3O4. The van der Waals surface area contributed by atoms with Gasteiger partial charge in [0.25, 0.3) is 11.5 Å². The molecule has 1 unspecified atom stereocenters. The summed E-state index contributed by atoms with van der Waals surface area (Å²) in [5, 5.41) is 25.4. The number of nitrogens with one attached hydrogen (secondary N) is 2. The Balaban J connectivity index is 2.54. The zero-order valence-corrected chi connectivity index (χ0v) is 7.80. The lowest BCUT2D eigenvalue weighted by Crippen LogP contribution is -2.34. The number of hydrogen-bond acceptors (Lipinski definition) is 5. The highest BCUT2D eigenvalue weighted by Crippen LogP contribution is 1.88. The standard InChI is InChI=1S/C8H11N3O4/c12-4-5(13)3-9-8(15)6-1-2-7(14)11-10-6/h1-2,5,12-13H,3-4H2,(H,9,15)(H,11,14). The second kappa shape index (κ2) is 5.23. The molecule has 0 aromatic carbocycles. The fourth-order valence-electron chi connectivity index (χ4n) is 0.837. The number of aromatic amines is 1. The van der Waals surface area contributed by atoms with E-state index >= 15 is 0 Å². The summed E-state index contributed by atoms with van der Waals surface area (Å²) in [6.45, 7) is -0.504. The van der Waals surface area contributed by atoms with E-state index in [4.69, 9.17) is 10.2 Å². The van der Waals surface area contributed by atoms with E-state index in [-0.39, 0.29) is 12.2 Å². The van der Waals surface area contributed by atoms with E-state index in [1.165, 1.54) is 12.1 Å². The third-order valence-electron chi connectivity index (χ3n) is 1.62. The van der Waals surface area contributed by atoms with Crippen molar-refractivity contribution in [2.24, 2.45) is 0 Å². The van der Waals surface area contributed by atoms with Gasteiger partial charge in [-0.3, -0.25) is 9.59 Å². The van der Waals surface area contributed by atoms with Crippen LogP contribution in [0.4, 0.5) is 0 Å². The molecule has 0 aliphatic carbocycles. The van der Waals surface area contributed by atoms with Crippen molar-refractivity contribution in [3.05, 3.63) is 28.2 Å². The fourth-order valence-corrected chi connectivity index (χ4v) is 0.837. The van der Waals surface area contributed by atoms with E-state index in [9.17, 15) is 9.59 Å². The number of aromatic nitrogens is 2. The SMILES string of the molecule is O=C(NCC(O)CO)c1ccc(=O)[nH]n1. The molecule has 1 aromatic rings. The topological polar surface area (TPSA) is 115 Å². The highest BCUT2D eigenvalue weighted by Gasteiger charge is 2.09. The van der Waals surface area contributed by atoms with Crippen molar-refractivity contribution in [1.82, 2.24) is 15.5 Å². The molecule has 0 spiro atoms. The van der Waals surface area contributed by atoms with Gasteiger partial charge < -0.3 is 15.5 Å². The number of aliphatic hydroxyl groups is 2.